The number of para-hydroxylation sites is 1. The van der Waals surface area contributed by atoms with E-state index in [1.807, 2.05) is 24.1 Å². The number of hydrogen-bond acceptors (Lipinski definition) is 3. The summed E-state index contributed by atoms with van der Waals surface area (Å²) in [5, 5.41) is 9.08. The van der Waals surface area contributed by atoms with Gasteiger partial charge in [0.25, 0.3) is 0 Å². The van der Waals surface area contributed by atoms with Gasteiger partial charge in [-0.05, 0) is 30.2 Å². The fourth-order valence-corrected chi connectivity index (χ4v) is 4.39. The van der Waals surface area contributed by atoms with E-state index >= 15 is 0 Å². The zero-order valence-corrected chi connectivity index (χ0v) is 16.9. The maximum Gasteiger partial charge on any atom is 0.139 e. The van der Waals surface area contributed by atoms with E-state index in [1.165, 1.54) is 10.9 Å². The van der Waals surface area contributed by atoms with Crippen LogP contribution in [0.25, 0.3) is 33.3 Å². The van der Waals surface area contributed by atoms with Crippen molar-refractivity contribution in [3.8, 4) is 22.4 Å². The lowest BCUT2D eigenvalue weighted by atomic mass is 10.0. The van der Waals surface area contributed by atoms with E-state index in [9.17, 15) is 4.79 Å². The van der Waals surface area contributed by atoms with Gasteiger partial charge in [-0.2, -0.15) is 5.10 Å². The molecule has 146 valence electrons. The summed E-state index contributed by atoms with van der Waals surface area (Å²) >= 11 is 0. The van der Waals surface area contributed by atoms with Gasteiger partial charge in [-0.15, -0.1) is 0 Å². The highest BCUT2D eigenvalue weighted by molar-refractivity contribution is 5.94. The smallest absolute Gasteiger partial charge is 0.139 e. The molecule has 4 aromatic rings. The van der Waals surface area contributed by atoms with Crippen LogP contribution >= 0.6 is 0 Å². The Hall–Kier alpha value is -3.34. The van der Waals surface area contributed by atoms with Crippen LogP contribution in [0.4, 0.5) is 5.69 Å². The predicted molar refractivity (Wildman–Crippen MR) is 117 cm³/mol. The molecule has 0 spiro atoms. The second kappa shape index (κ2) is 6.62. The Kier molecular flexibility index (Phi) is 4.05. The SMILES string of the molecule is C[C@@H]1CC(=O)Cc2cccc(-c3cc4ccc(-c5cnn(C)c5)cc4n3C)c2N1. The van der Waals surface area contributed by atoms with Gasteiger partial charge in [0.2, 0.25) is 0 Å². The molecule has 2 aromatic heterocycles. The lowest BCUT2D eigenvalue weighted by molar-refractivity contribution is -0.118. The van der Waals surface area contributed by atoms with Crippen molar-refractivity contribution in [1.82, 2.24) is 14.3 Å². The Morgan fingerprint density at radius 2 is 1.97 bits per heavy atom. The number of Topliss-reactive ketones (excluding diaryl/α,β-unsaturated/α-hetero) is 1. The minimum Gasteiger partial charge on any atom is -0.381 e. The maximum absolute atomic E-state index is 12.2. The largest absolute Gasteiger partial charge is 0.381 e. The highest BCUT2D eigenvalue weighted by Gasteiger charge is 2.22. The molecule has 0 aliphatic carbocycles. The van der Waals surface area contributed by atoms with Crippen molar-refractivity contribution in [3.05, 3.63) is 60.4 Å². The van der Waals surface area contributed by atoms with Crippen molar-refractivity contribution in [1.29, 1.82) is 0 Å². The summed E-state index contributed by atoms with van der Waals surface area (Å²) in [5.74, 6) is 0.291. The fourth-order valence-electron chi connectivity index (χ4n) is 4.39. The molecule has 5 heteroatoms. The number of aryl methyl sites for hydroxylation is 2. The van der Waals surface area contributed by atoms with E-state index < -0.39 is 0 Å². The first-order chi connectivity index (χ1) is 14.0. The molecular weight excluding hydrogens is 360 g/mol. The number of carbonyl (C=O) groups excluding carboxylic acids is 1. The lowest BCUT2D eigenvalue weighted by Crippen LogP contribution is -2.17. The lowest BCUT2D eigenvalue weighted by Gasteiger charge is -2.17. The predicted octanol–water partition coefficient (Wildman–Crippen LogP) is 4.56. The topological polar surface area (TPSA) is 51.9 Å². The standard InChI is InChI=1S/C24H24N4O/c1-15-9-20(29)10-18-5-4-6-21(24(18)26-15)23-12-17-8-7-16(11-22(17)28(23)3)19-13-25-27(2)14-19/h4-8,11-15,26H,9-10H2,1-3H3/t15-/m1/s1. The van der Waals surface area contributed by atoms with Crippen molar-refractivity contribution in [2.24, 2.45) is 14.1 Å². The highest BCUT2D eigenvalue weighted by Crippen LogP contribution is 2.37. The van der Waals surface area contributed by atoms with E-state index in [1.54, 1.807) is 0 Å². The number of nitrogens with one attached hydrogen (secondary N) is 1. The highest BCUT2D eigenvalue weighted by atomic mass is 16.1. The summed E-state index contributed by atoms with van der Waals surface area (Å²) in [5.41, 5.74) is 7.90. The Bertz CT molecular complexity index is 1250. The first-order valence-corrected chi connectivity index (χ1v) is 9.98. The molecule has 0 unspecified atom stereocenters. The van der Waals surface area contributed by atoms with Crippen molar-refractivity contribution in [2.75, 3.05) is 5.32 Å². The second-order valence-corrected chi connectivity index (χ2v) is 8.07. The zero-order valence-electron chi connectivity index (χ0n) is 16.9. The van der Waals surface area contributed by atoms with Crippen LogP contribution < -0.4 is 5.32 Å². The number of anilines is 1. The quantitative estimate of drug-likeness (QED) is 0.551. The number of hydrogen-bond donors (Lipinski definition) is 1. The van der Waals surface area contributed by atoms with Gasteiger partial charge >= 0.3 is 0 Å². The Labute approximate surface area is 170 Å². The Balaban J connectivity index is 1.66. The second-order valence-electron chi connectivity index (χ2n) is 8.07. The summed E-state index contributed by atoms with van der Waals surface area (Å²) in [4.78, 5) is 12.2. The molecule has 5 rings (SSSR count). The number of aromatic nitrogens is 3. The molecule has 0 amide bonds. The zero-order chi connectivity index (χ0) is 20.1. The van der Waals surface area contributed by atoms with E-state index in [0.29, 0.717) is 18.6 Å². The van der Waals surface area contributed by atoms with Gasteiger partial charge in [-0.1, -0.05) is 30.3 Å². The third-order valence-corrected chi connectivity index (χ3v) is 5.82. The minimum atomic E-state index is 0.136. The fraction of sp³-hybridized carbons (Fsp3) is 0.250. The summed E-state index contributed by atoms with van der Waals surface area (Å²) in [6.07, 6.45) is 4.99. The molecule has 0 bridgehead atoms. The van der Waals surface area contributed by atoms with Crippen LogP contribution in [0.2, 0.25) is 0 Å². The number of nitrogens with zero attached hydrogens (tertiary/aromatic N) is 3. The first-order valence-electron chi connectivity index (χ1n) is 9.98. The summed E-state index contributed by atoms with van der Waals surface area (Å²) < 4.78 is 4.06. The number of fused-ring (bicyclic) bond motifs is 2. The third kappa shape index (κ3) is 3.03. The van der Waals surface area contributed by atoms with E-state index in [0.717, 1.165) is 33.6 Å². The molecule has 5 nitrogen and oxygen atoms in total. The third-order valence-electron chi connectivity index (χ3n) is 5.82. The summed E-state index contributed by atoms with van der Waals surface area (Å²) in [7, 11) is 4.04. The van der Waals surface area contributed by atoms with Crippen LogP contribution in [-0.2, 0) is 25.3 Å². The monoisotopic (exact) mass is 384 g/mol. The van der Waals surface area contributed by atoms with Crippen molar-refractivity contribution >= 4 is 22.4 Å². The van der Waals surface area contributed by atoms with Gasteiger partial charge < -0.3 is 9.88 Å². The minimum absolute atomic E-state index is 0.136. The van der Waals surface area contributed by atoms with Gasteiger partial charge in [0.15, 0.2) is 0 Å². The summed E-state index contributed by atoms with van der Waals surface area (Å²) in [6, 6.07) is 15.2. The Morgan fingerprint density at radius 3 is 2.76 bits per heavy atom. The number of carbonyl (C=O) groups is 1. The van der Waals surface area contributed by atoms with Gasteiger partial charge in [0.1, 0.15) is 5.78 Å². The molecule has 1 N–H and O–H groups in total. The molecule has 0 fully saturated rings. The molecule has 3 heterocycles. The van der Waals surface area contributed by atoms with Crippen LogP contribution in [0.1, 0.15) is 18.9 Å². The van der Waals surface area contributed by atoms with E-state index in [-0.39, 0.29) is 6.04 Å². The van der Waals surface area contributed by atoms with Crippen molar-refractivity contribution < 1.29 is 4.79 Å². The maximum atomic E-state index is 12.2. The molecule has 0 radical (unpaired) electrons. The molecule has 1 aliphatic heterocycles. The molecule has 2 aromatic carbocycles. The van der Waals surface area contributed by atoms with Crippen LogP contribution in [0.5, 0.6) is 0 Å². The van der Waals surface area contributed by atoms with Crippen molar-refractivity contribution in [3.63, 3.8) is 0 Å². The molecule has 1 aliphatic rings. The normalized spacial score (nSPS) is 16.5. The average molecular weight is 384 g/mol. The van der Waals surface area contributed by atoms with Crippen LogP contribution in [0.3, 0.4) is 0 Å². The van der Waals surface area contributed by atoms with Crippen molar-refractivity contribution in [2.45, 2.75) is 25.8 Å². The number of benzene rings is 2. The molecular formula is C24H24N4O. The van der Waals surface area contributed by atoms with Crippen LogP contribution in [-0.4, -0.2) is 26.2 Å². The van der Waals surface area contributed by atoms with Gasteiger partial charge in [0.05, 0.1) is 11.9 Å². The van der Waals surface area contributed by atoms with Gasteiger partial charge in [-0.3, -0.25) is 9.48 Å². The van der Waals surface area contributed by atoms with E-state index in [4.69, 9.17) is 0 Å². The first kappa shape index (κ1) is 17.7. The van der Waals surface area contributed by atoms with Crippen LogP contribution in [0, 0.1) is 0 Å². The molecule has 29 heavy (non-hydrogen) atoms. The van der Waals surface area contributed by atoms with Crippen LogP contribution in [0.15, 0.2) is 54.9 Å². The number of rotatable bonds is 2. The van der Waals surface area contributed by atoms with Gasteiger partial charge in [0, 0.05) is 66.9 Å². The van der Waals surface area contributed by atoms with Gasteiger partial charge in [-0.25, -0.2) is 0 Å². The molecule has 0 saturated heterocycles. The Morgan fingerprint density at radius 1 is 1.10 bits per heavy atom. The number of ketones is 1. The molecule has 0 saturated carbocycles. The average Bonchev–Trinajstić information content (AvgIpc) is 3.21. The summed E-state index contributed by atoms with van der Waals surface area (Å²) in [6.45, 7) is 2.07. The van der Waals surface area contributed by atoms with E-state index in [2.05, 4.69) is 71.4 Å². The molecule has 1 atom stereocenters.